The zero-order valence-electron chi connectivity index (χ0n) is 35.8. The average Bonchev–Trinajstić information content (AvgIpc) is 3.20. The second kappa shape index (κ2) is 41.1. The van der Waals surface area contributed by atoms with Crippen molar-refractivity contribution in [3.63, 3.8) is 0 Å². The quantitative estimate of drug-likeness (QED) is 0.0152. The maximum atomic E-state index is 12.6. The molecule has 58 heavy (non-hydrogen) atoms. The fourth-order valence-electron chi connectivity index (χ4n) is 5.48. The number of aliphatic hydroxyl groups is 3. The number of esters is 2. The molecule has 0 aromatic rings. The number of phosphoric ester groups is 1. The van der Waals surface area contributed by atoms with Crippen molar-refractivity contribution in [3.05, 3.63) is 72.9 Å². The predicted molar refractivity (Wildman–Crippen MR) is 234 cm³/mol. The highest BCUT2D eigenvalue weighted by molar-refractivity contribution is 7.47. The second-order valence-corrected chi connectivity index (χ2v) is 16.0. The van der Waals surface area contributed by atoms with Crippen molar-refractivity contribution in [2.75, 3.05) is 26.4 Å². The fraction of sp³-hybridized carbons (Fsp3) is 0.696. The summed E-state index contributed by atoms with van der Waals surface area (Å²) in [7, 11) is -4.65. The Morgan fingerprint density at radius 1 is 0.586 bits per heavy atom. The van der Waals surface area contributed by atoms with Gasteiger partial charge >= 0.3 is 19.8 Å². The maximum Gasteiger partial charge on any atom is 0.472 e. The smallest absolute Gasteiger partial charge is 0.462 e. The first-order chi connectivity index (χ1) is 28.1. The molecule has 0 heterocycles. The minimum Gasteiger partial charge on any atom is -0.462 e. The van der Waals surface area contributed by atoms with Crippen LogP contribution in [0.2, 0.25) is 0 Å². The molecule has 4 atom stereocenters. The standard InChI is InChI=1S/C46H79O11P/c1-3-5-7-8-9-10-11-12-13-14-15-16-19-22-25-28-32-36-45(50)54-40-44(41-56-58(52,53)55-39-43(49)38-47)57-46(51)37-33-29-26-23-20-17-18-21-24-27-31-35-42(48)34-30-6-4-2/h9-10,12-13,17-18,23-24,26-27,31,35,42-44,47-49H,3-8,11,14-16,19-22,25,28-30,32-34,36-41H2,1-2H3,(H,52,53)/b10-9-,13-12-,18-17-,26-23-,27-24-,35-31+/t42-,43-,44+/m0/s1. The van der Waals surface area contributed by atoms with Gasteiger partial charge in [0.15, 0.2) is 6.10 Å². The molecular formula is C46H79O11P. The number of hydrogen-bond acceptors (Lipinski definition) is 10. The molecule has 0 radical (unpaired) electrons. The third-order valence-electron chi connectivity index (χ3n) is 8.94. The number of ether oxygens (including phenoxy) is 2. The molecule has 1 unspecified atom stereocenters. The van der Waals surface area contributed by atoms with Crippen LogP contribution < -0.4 is 0 Å². The largest absolute Gasteiger partial charge is 0.472 e. The molecule has 12 heteroatoms. The molecule has 4 N–H and O–H groups in total. The molecule has 0 aliphatic carbocycles. The van der Waals surface area contributed by atoms with Crippen molar-refractivity contribution in [1.82, 2.24) is 0 Å². The Bertz CT molecular complexity index is 1210. The Balaban J connectivity index is 4.45. The van der Waals surface area contributed by atoms with Gasteiger partial charge in [-0.25, -0.2) is 4.57 Å². The number of rotatable bonds is 40. The van der Waals surface area contributed by atoms with E-state index in [4.69, 9.17) is 19.1 Å². The fourth-order valence-corrected chi connectivity index (χ4v) is 6.27. The Labute approximate surface area is 351 Å². The number of aliphatic hydroxyl groups excluding tert-OH is 3. The van der Waals surface area contributed by atoms with Gasteiger partial charge in [0.2, 0.25) is 0 Å². The second-order valence-electron chi connectivity index (χ2n) is 14.6. The van der Waals surface area contributed by atoms with Gasteiger partial charge in [-0.15, -0.1) is 0 Å². The lowest BCUT2D eigenvalue weighted by Crippen LogP contribution is -2.29. The third kappa shape index (κ3) is 40.2. The summed E-state index contributed by atoms with van der Waals surface area (Å²) in [5, 5.41) is 28.2. The average molecular weight is 839 g/mol. The molecule has 334 valence electrons. The van der Waals surface area contributed by atoms with E-state index in [9.17, 15) is 29.3 Å². The first kappa shape index (κ1) is 55.4. The van der Waals surface area contributed by atoms with E-state index < -0.39 is 57.9 Å². The highest BCUT2D eigenvalue weighted by Crippen LogP contribution is 2.43. The highest BCUT2D eigenvalue weighted by Gasteiger charge is 2.27. The van der Waals surface area contributed by atoms with Crippen molar-refractivity contribution < 1.29 is 52.9 Å². The lowest BCUT2D eigenvalue weighted by atomic mass is 10.1. The molecule has 0 aromatic heterocycles. The number of phosphoric acid groups is 1. The number of carbonyl (C=O) groups is 2. The lowest BCUT2D eigenvalue weighted by Gasteiger charge is -2.20. The third-order valence-corrected chi connectivity index (χ3v) is 9.89. The number of unbranched alkanes of at least 4 members (excludes halogenated alkanes) is 13. The molecule has 0 amide bonds. The van der Waals surface area contributed by atoms with Gasteiger partial charge in [-0.3, -0.25) is 18.6 Å². The first-order valence-electron chi connectivity index (χ1n) is 22.0. The summed E-state index contributed by atoms with van der Waals surface area (Å²) in [5.74, 6) is -1.03. The van der Waals surface area contributed by atoms with Crippen molar-refractivity contribution in [1.29, 1.82) is 0 Å². The van der Waals surface area contributed by atoms with Crippen molar-refractivity contribution in [2.24, 2.45) is 0 Å². The van der Waals surface area contributed by atoms with Crippen LogP contribution in [0, 0.1) is 0 Å². The van der Waals surface area contributed by atoms with Crippen molar-refractivity contribution in [2.45, 2.75) is 180 Å². The Kier molecular flexibility index (Phi) is 39.3. The van der Waals surface area contributed by atoms with E-state index in [0.717, 1.165) is 77.0 Å². The van der Waals surface area contributed by atoms with Crippen LogP contribution in [0.3, 0.4) is 0 Å². The molecule has 0 saturated carbocycles. The summed E-state index contributed by atoms with van der Waals surface area (Å²) in [4.78, 5) is 35.0. The minimum atomic E-state index is -4.65. The van der Waals surface area contributed by atoms with E-state index in [1.807, 2.05) is 36.5 Å². The van der Waals surface area contributed by atoms with Crippen LogP contribution in [0.15, 0.2) is 72.9 Å². The van der Waals surface area contributed by atoms with Gasteiger partial charge in [-0.05, 0) is 70.6 Å². The Hall–Kier alpha value is -2.63. The summed E-state index contributed by atoms with van der Waals surface area (Å²) in [6, 6.07) is 0. The zero-order valence-corrected chi connectivity index (χ0v) is 36.7. The topological polar surface area (TPSA) is 169 Å². The summed E-state index contributed by atoms with van der Waals surface area (Å²) < 4.78 is 32.6. The van der Waals surface area contributed by atoms with Gasteiger partial charge in [0.25, 0.3) is 0 Å². The Morgan fingerprint density at radius 2 is 1.10 bits per heavy atom. The predicted octanol–water partition coefficient (Wildman–Crippen LogP) is 10.6. The van der Waals surface area contributed by atoms with Crippen LogP contribution in [-0.4, -0.2) is 76.9 Å². The van der Waals surface area contributed by atoms with E-state index in [1.54, 1.807) is 0 Å². The molecule has 0 fully saturated rings. The summed E-state index contributed by atoms with van der Waals surface area (Å²) in [6.07, 6.45) is 43.4. The monoisotopic (exact) mass is 839 g/mol. The number of hydrogen-bond donors (Lipinski definition) is 4. The summed E-state index contributed by atoms with van der Waals surface area (Å²) in [6.45, 7) is 2.13. The molecule has 0 rings (SSSR count). The summed E-state index contributed by atoms with van der Waals surface area (Å²) in [5.41, 5.74) is 0. The SMILES string of the molecule is CCCCC/C=C\C/C=C\CCCCCCCCCC(=O)OC[C@H](COP(=O)(O)OC[C@@H](O)CO)OC(=O)CCC/C=C\C/C=C\C/C=C\C=C\[C@@H](O)CCCCC. The van der Waals surface area contributed by atoms with Crippen LogP contribution in [0.1, 0.15) is 162 Å². The molecular weight excluding hydrogens is 759 g/mol. The van der Waals surface area contributed by atoms with E-state index >= 15 is 0 Å². The highest BCUT2D eigenvalue weighted by atomic mass is 31.2. The van der Waals surface area contributed by atoms with E-state index in [0.29, 0.717) is 19.3 Å². The Morgan fingerprint density at radius 3 is 1.74 bits per heavy atom. The summed E-state index contributed by atoms with van der Waals surface area (Å²) >= 11 is 0. The molecule has 0 saturated heterocycles. The molecule has 11 nitrogen and oxygen atoms in total. The lowest BCUT2D eigenvalue weighted by molar-refractivity contribution is -0.161. The molecule has 0 bridgehead atoms. The van der Waals surface area contributed by atoms with Crippen LogP contribution >= 0.6 is 7.82 Å². The molecule has 0 aliphatic heterocycles. The van der Waals surface area contributed by atoms with E-state index in [2.05, 4.69) is 54.8 Å². The molecule has 0 spiro atoms. The van der Waals surface area contributed by atoms with Gasteiger partial charge in [0.1, 0.15) is 12.7 Å². The molecule has 0 aliphatic rings. The van der Waals surface area contributed by atoms with E-state index in [-0.39, 0.29) is 19.4 Å². The van der Waals surface area contributed by atoms with E-state index in [1.165, 1.54) is 38.5 Å². The number of carbonyl (C=O) groups excluding carboxylic acids is 2. The van der Waals surface area contributed by atoms with Gasteiger partial charge in [0, 0.05) is 12.8 Å². The number of allylic oxidation sites excluding steroid dienone is 11. The molecule has 0 aromatic carbocycles. The van der Waals surface area contributed by atoms with Crippen LogP contribution in [-0.2, 0) is 32.7 Å². The zero-order chi connectivity index (χ0) is 42.8. The van der Waals surface area contributed by atoms with Gasteiger partial charge in [-0.1, -0.05) is 151 Å². The van der Waals surface area contributed by atoms with Crippen molar-refractivity contribution in [3.8, 4) is 0 Å². The van der Waals surface area contributed by atoms with Crippen LogP contribution in [0.4, 0.5) is 0 Å². The van der Waals surface area contributed by atoms with Gasteiger partial charge in [0.05, 0.1) is 25.9 Å². The normalized spacial score (nSPS) is 15.1. The first-order valence-corrected chi connectivity index (χ1v) is 23.5. The maximum absolute atomic E-state index is 12.6. The minimum absolute atomic E-state index is 0.0831. The van der Waals surface area contributed by atoms with Crippen LogP contribution in [0.5, 0.6) is 0 Å². The van der Waals surface area contributed by atoms with Gasteiger partial charge in [-0.2, -0.15) is 0 Å². The van der Waals surface area contributed by atoms with Gasteiger partial charge < -0.3 is 29.7 Å². The van der Waals surface area contributed by atoms with Crippen LogP contribution in [0.25, 0.3) is 0 Å². The van der Waals surface area contributed by atoms with Crippen molar-refractivity contribution >= 4 is 19.8 Å².